The largest absolute Gasteiger partial charge is 0.296 e. The van der Waals surface area contributed by atoms with Gasteiger partial charge in [-0.15, -0.1) is 5.10 Å². The van der Waals surface area contributed by atoms with Crippen LogP contribution in [0.4, 0.5) is 0 Å². The van der Waals surface area contributed by atoms with E-state index in [0.717, 1.165) is 31.0 Å². The van der Waals surface area contributed by atoms with Gasteiger partial charge in [0.1, 0.15) is 0 Å². The third-order valence-corrected chi connectivity index (χ3v) is 4.86. The summed E-state index contributed by atoms with van der Waals surface area (Å²) in [6.45, 7) is 11.7. The molecule has 0 spiro atoms. The first-order chi connectivity index (χ1) is 10.0. The van der Waals surface area contributed by atoms with Crippen LogP contribution in [0.25, 0.3) is 0 Å². The Morgan fingerprint density at radius 2 is 2.19 bits per heavy atom. The second-order valence-electron chi connectivity index (χ2n) is 6.29. The molecule has 0 bridgehead atoms. The van der Waals surface area contributed by atoms with E-state index in [1.807, 2.05) is 0 Å². The zero-order valence-electron chi connectivity index (χ0n) is 13.2. The molecule has 5 nitrogen and oxygen atoms in total. The lowest BCUT2D eigenvalue weighted by Crippen LogP contribution is -2.22. The van der Waals surface area contributed by atoms with Crippen molar-refractivity contribution in [3.05, 3.63) is 28.0 Å². The summed E-state index contributed by atoms with van der Waals surface area (Å²) in [4.78, 5) is 3.82. The third-order valence-electron chi connectivity index (χ3n) is 4.14. The van der Waals surface area contributed by atoms with E-state index in [-0.39, 0.29) is 0 Å². The van der Waals surface area contributed by atoms with Crippen LogP contribution in [0, 0.1) is 13.8 Å². The summed E-state index contributed by atoms with van der Waals surface area (Å²) >= 11 is 1.54. The maximum Gasteiger partial charge on any atom is 0.0826 e. The molecule has 0 unspecified atom stereocenters. The number of nitrogens with zero attached hydrogens (tertiary/aromatic N) is 5. The molecule has 2 aromatic heterocycles. The highest BCUT2D eigenvalue weighted by Gasteiger charge is 2.27. The van der Waals surface area contributed by atoms with Crippen LogP contribution in [0.3, 0.4) is 0 Å². The molecular formula is C15H23N5S. The van der Waals surface area contributed by atoms with Crippen LogP contribution in [0.15, 0.2) is 6.07 Å². The molecule has 6 heteroatoms. The molecule has 0 N–H and O–H groups in total. The van der Waals surface area contributed by atoms with Crippen LogP contribution >= 0.6 is 11.5 Å². The highest BCUT2D eigenvalue weighted by molar-refractivity contribution is 7.05. The topological polar surface area (TPSA) is 46.8 Å². The van der Waals surface area contributed by atoms with Gasteiger partial charge in [0.2, 0.25) is 0 Å². The lowest BCUT2D eigenvalue weighted by atomic mass is 10.1. The first-order valence-electron chi connectivity index (χ1n) is 7.61. The van der Waals surface area contributed by atoms with Crippen molar-refractivity contribution in [1.29, 1.82) is 0 Å². The molecule has 0 aliphatic carbocycles. The van der Waals surface area contributed by atoms with Gasteiger partial charge in [-0.1, -0.05) is 18.3 Å². The van der Waals surface area contributed by atoms with Gasteiger partial charge in [-0.3, -0.25) is 9.58 Å². The van der Waals surface area contributed by atoms with E-state index in [1.54, 1.807) is 11.5 Å². The van der Waals surface area contributed by atoms with Gasteiger partial charge in [0, 0.05) is 25.3 Å². The Bertz CT molecular complexity index is 615. The molecule has 0 aromatic carbocycles. The number of rotatable bonds is 4. The van der Waals surface area contributed by atoms with Gasteiger partial charge in [-0.25, -0.2) is 0 Å². The zero-order chi connectivity index (χ0) is 15.0. The average Bonchev–Trinajstić information content (AvgIpc) is 3.10. The van der Waals surface area contributed by atoms with Crippen molar-refractivity contribution < 1.29 is 0 Å². The lowest BCUT2D eigenvalue weighted by molar-refractivity contribution is 0.311. The number of hydrogen-bond donors (Lipinski definition) is 0. The summed E-state index contributed by atoms with van der Waals surface area (Å²) < 4.78 is 6.33. The quantitative estimate of drug-likeness (QED) is 0.871. The van der Waals surface area contributed by atoms with Crippen LogP contribution in [-0.2, 0) is 6.54 Å². The molecule has 1 aliphatic rings. The van der Waals surface area contributed by atoms with E-state index in [1.165, 1.54) is 17.0 Å². The Hall–Kier alpha value is -1.27. The number of likely N-dealkylation sites (tertiary alicyclic amines) is 1. The fourth-order valence-electron chi connectivity index (χ4n) is 3.14. The van der Waals surface area contributed by atoms with E-state index in [0.29, 0.717) is 12.0 Å². The summed E-state index contributed by atoms with van der Waals surface area (Å²) in [6.07, 6.45) is 1.17. The Morgan fingerprint density at radius 3 is 2.86 bits per heavy atom. The molecule has 0 radical (unpaired) electrons. The fraction of sp³-hybridized carbons (Fsp3) is 0.667. The molecule has 0 amide bonds. The molecule has 1 saturated heterocycles. The highest BCUT2D eigenvalue weighted by atomic mass is 32.1. The molecule has 114 valence electrons. The predicted molar refractivity (Wildman–Crippen MR) is 84.6 cm³/mol. The summed E-state index contributed by atoms with van der Waals surface area (Å²) in [5.74, 6) is 0.452. The van der Waals surface area contributed by atoms with Crippen molar-refractivity contribution in [1.82, 2.24) is 24.3 Å². The van der Waals surface area contributed by atoms with Gasteiger partial charge in [-0.05, 0) is 43.8 Å². The molecule has 3 rings (SSSR count). The molecular weight excluding hydrogens is 282 g/mol. The van der Waals surface area contributed by atoms with E-state index in [9.17, 15) is 0 Å². The van der Waals surface area contributed by atoms with E-state index in [2.05, 4.69) is 58.0 Å². The standard InChI is InChI=1S/C15H23N5S/c1-10(2)15-14(21-18-16-15)9-19-6-5-13(8-19)20-12(4)7-11(3)17-20/h7,10,13H,5-6,8-9H2,1-4H3/t13-/m0/s1. The first-order valence-corrected chi connectivity index (χ1v) is 8.38. The molecule has 3 heterocycles. The van der Waals surface area contributed by atoms with Gasteiger partial charge < -0.3 is 0 Å². The second kappa shape index (κ2) is 5.85. The summed E-state index contributed by atoms with van der Waals surface area (Å²) in [6, 6.07) is 2.66. The Morgan fingerprint density at radius 1 is 1.38 bits per heavy atom. The smallest absolute Gasteiger partial charge is 0.0826 e. The van der Waals surface area contributed by atoms with Crippen LogP contribution < -0.4 is 0 Å². The summed E-state index contributed by atoms with van der Waals surface area (Å²) in [5.41, 5.74) is 3.54. The minimum atomic E-state index is 0.452. The lowest BCUT2D eigenvalue weighted by Gasteiger charge is -2.17. The summed E-state index contributed by atoms with van der Waals surface area (Å²) in [7, 11) is 0. The van der Waals surface area contributed by atoms with Crippen LogP contribution in [0.1, 0.15) is 54.2 Å². The highest BCUT2D eigenvalue weighted by Crippen LogP contribution is 2.27. The molecule has 21 heavy (non-hydrogen) atoms. The minimum absolute atomic E-state index is 0.452. The van der Waals surface area contributed by atoms with E-state index in [4.69, 9.17) is 0 Å². The first kappa shape index (κ1) is 14.7. The average molecular weight is 305 g/mol. The van der Waals surface area contributed by atoms with Crippen LogP contribution in [0.2, 0.25) is 0 Å². The molecule has 0 saturated carbocycles. The fourth-order valence-corrected chi connectivity index (χ4v) is 3.98. The normalized spacial score (nSPS) is 19.8. The minimum Gasteiger partial charge on any atom is -0.296 e. The molecule has 1 fully saturated rings. The summed E-state index contributed by atoms with van der Waals surface area (Å²) in [5, 5.41) is 8.91. The Balaban J connectivity index is 1.67. The van der Waals surface area contributed by atoms with Gasteiger partial charge in [0.25, 0.3) is 0 Å². The van der Waals surface area contributed by atoms with Crippen molar-refractivity contribution >= 4 is 11.5 Å². The Labute approximate surface area is 130 Å². The van der Waals surface area contributed by atoms with E-state index < -0.39 is 0 Å². The van der Waals surface area contributed by atoms with Gasteiger partial charge in [0.05, 0.1) is 22.3 Å². The van der Waals surface area contributed by atoms with Crippen LogP contribution in [0.5, 0.6) is 0 Å². The van der Waals surface area contributed by atoms with Crippen molar-refractivity contribution in [3.63, 3.8) is 0 Å². The zero-order valence-corrected chi connectivity index (χ0v) is 14.0. The van der Waals surface area contributed by atoms with Gasteiger partial charge >= 0.3 is 0 Å². The predicted octanol–water partition coefficient (Wildman–Crippen LogP) is 2.92. The van der Waals surface area contributed by atoms with Crippen molar-refractivity contribution in [2.75, 3.05) is 13.1 Å². The molecule has 1 atom stereocenters. The number of aryl methyl sites for hydroxylation is 2. The van der Waals surface area contributed by atoms with Gasteiger partial charge in [-0.2, -0.15) is 5.10 Å². The maximum absolute atomic E-state index is 4.64. The number of aromatic nitrogens is 4. The van der Waals surface area contributed by atoms with Crippen molar-refractivity contribution in [2.24, 2.45) is 0 Å². The van der Waals surface area contributed by atoms with Gasteiger partial charge in [0.15, 0.2) is 0 Å². The monoisotopic (exact) mass is 305 g/mol. The van der Waals surface area contributed by atoms with Crippen molar-refractivity contribution in [2.45, 2.75) is 52.6 Å². The SMILES string of the molecule is Cc1cc(C)n([C@H]2CCN(Cc3snnc3C(C)C)C2)n1. The van der Waals surface area contributed by atoms with Crippen molar-refractivity contribution in [3.8, 4) is 0 Å². The Kier molecular flexibility index (Phi) is 4.08. The second-order valence-corrected chi connectivity index (χ2v) is 7.12. The van der Waals surface area contributed by atoms with Crippen LogP contribution in [-0.4, -0.2) is 37.4 Å². The molecule has 2 aromatic rings. The van der Waals surface area contributed by atoms with E-state index >= 15 is 0 Å². The maximum atomic E-state index is 4.64. The third kappa shape index (κ3) is 3.01. The molecule has 1 aliphatic heterocycles. The number of hydrogen-bond acceptors (Lipinski definition) is 5.